The maximum Gasteiger partial charge on any atom is 0.264 e. The molecule has 1 aliphatic heterocycles. The summed E-state index contributed by atoms with van der Waals surface area (Å²) in [4.78, 5) is 4.78. The molecule has 0 aliphatic carbocycles. The molecule has 0 fully saturated rings. The molecule has 5 nitrogen and oxygen atoms in total. The van der Waals surface area contributed by atoms with E-state index in [4.69, 9.17) is 4.74 Å². The first-order chi connectivity index (χ1) is 12.5. The standard InChI is InChI=1S/C19H18N2O3S2/c1-13-20-18(12-25-13)14-3-8-19-15(11-14)9-10-21(19)26(22,23)17-6-4-16(24-2)5-7-17/h3-8,11-12H,9-10H2,1-2H3. The molecule has 0 atom stereocenters. The van der Waals surface area contributed by atoms with Crippen LogP contribution in [0.4, 0.5) is 5.69 Å². The Hall–Kier alpha value is -2.38. The largest absolute Gasteiger partial charge is 0.497 e. The smallest absolute Gasteiger partial charge is 0.264 e. The molecule has 0 radical (unpaired) electrons. The molecule has 0 unspecified atom stereocenters. The lowest BCUT2D eigenvalue weighted by Crippen LogP contribution is -2.29. The van der Waals surface area contributed by atoms with E-state index in [1.54, 1.807) is 42.7 Å². The van der Waals surface area contributed by atoms with Gasteiger partial charge in [-0.25, -0.2) is 13.4 Å². The van der Waals surface area contributed by atoms with Crippen molar-refractivity contribution in [3.63, 3.8) is 0 Å². The minimum absolute atomic E-state index is 0.269. The number of fused-ring (bicyclic) bond motifs is 1. The second-order valence-electron chi connectivity index (χ2n) is 6.10. The highest BCUT2D eigenvalue weighted by Gasteiger charge is 2.31. The molecule has 0 bridgehead atoms. The van der Waals surface area contributed by atoms with Crippen LogP contribution in [0.1, 0.15) is 10.6 Å². The fraction of sp³-hybridized carbons (Fsp3) is 0.211. The van der Waals surface area contributed by atoms with Gasteiger partial charge in [0.25, 0.3) is 10.0 Å². The van der Waals surface area contributed by atoms with Gasteiger partial charge in [-0.15, -0.1) is 11.3 Å². The van der Waals surface area contributed by atoms with Crippen molar-refractivity contribution in [2.75, 3.05) is 18.0 Å². The number of sulfonamides is 1. The monoisotopic (exact) mass is 386 g/mol. The molecule has 2 aromatic carbocycles. The zero-order chi connectivity index (χ0) is 18.3. The molecule has 0 N–H and O–H groups in total. The molecule has 3 aromatic rings. The Morgan fingerprint density at radius 1 is 1.15 bits per heavy atom. The van der Waals surface area contributed by atoms with Crippen molar-refractivity contribution in [3.8, 4) is 17.0 Å². The van der Waals surface area contributed by atoms with E-state index in [1.165, 1.54) is 4.31 Å². The zero-order valence-electron chi connectivity index (χ0n) is 14.5. The summed E-state index contributed by atoms with van der Waals surface area (Å²) in [6, 6.07) is 12.4. The number of aromatic nitrogens is 1. The van der Waals surface area contributed by atoms with E-state index in [0.717, 1.165) is 27.5 Å². The molecule has 0 amide bonds. The molecule has 1 aromatic heterocycles. The van der Waals surface area contributed by atoms with Gasteiger partial charge in [0.1, 0.15) is 5.75 Å². The molecular formula is C19H18N2O3S2. The topological polar surface area (TPSA) is 59.5 Å². The number of benzene rings is 2. The second-order valence-corrected chi connectivity index (χ2v) is 9.02. The molecular weight excluding hydrogens is 368 g/mol. The minimum Gasteiger partial charge on any atom is -0.497 e. The molecule has 0 saturated carbocycles. The van der Waals surface area contributed by atoms with E-state index in [1.807, 2.05) is 30.5 Å². The Labute approximate surface area is 156 Å². The average Bonchev–Trinajstić information content (AvgIpc) is 3.27. The molecule has 2 heterocycles. The highest BCUT2D eigenvalue weighted by molar-refractivity contribution is 7.92. The highest BCUT2D eigenvalue weighted by atomic mass is 32.2. The van der Waals surface area contributed by atoms with E-state index in [-0.39, 0.29) is 4.90 Å². The minimum atomic E-state index is -3.59. The maximum atomic E-state index is 13.0. The number of hydrogen-bond donors (Lipinski definition) is 0. The van der Waals surface area contributed by atoms with Gasteiger partial charge in [-0.05, 0) is 55.3 Å². The summed E-state index contributed by atoms with van der Waals surface area (Å²) in [6.07, 6.45) is 0.696. The SMILES string of the molecule is COc1ccc(S(=O)(=O)N2CCc3cc(-c4csc(C)n4)ccc32)cc1. The van der Waals surface area contributed by atoms with E-state index in [9.17, 15) is 8.42 Å². The van der Waals surface area contributed by atoms with Gasteiger partial charge in [0.2, 0.25) is 0 Å². The molecule has 0 saturated heterocycles. The number of thiazole rings is 1. The average molecular weight is 386 g/mol. The first-order valence-corrected chi connectivity index (χ1v) is 10.5. The Morgan fingerprint density at radius 2 is 1.92 bits per heavy atom. The van der Waals surface area contributed by atoms with Crippen LogP contribution in [0.3, 0.4) is 0 Å². The van der Waals surface area contributed by atoms with E-state index in [2.05, 4.69) is 4.98 Å². The van der Waals surface area contributed by atoms with Crippen LogP contribution in [0.25, 0.3) is 11.3 Å². The summed E-state index contributed by atoms with van der Waals surface area (Å²) in [7, 11) is -2.03. The summed E-state index contributed by atoms with van der Waals surface area (Å²) in [5.41, 5.74) is 3.74. The Bertz CT molecular complexity index is 1060. The van der Waals surface area contributed by atoms with E-state index in [0.29, 0.717) is 18.7 Å². The van der Waals surface area contributed by atoms with Crippen LogP contribution in [-0.2, 0) is 16.4 Å². The number of aryl methyl sites for hydroxylation is 1. The van der Waals surface area contributed by atoms with Crippen LogP contribution >= 0.6 is 11.3 Å². The highest BCUT2D eigenvalue weighted by Crippen LogP contribution is 2.36. The van der Waals surface area contributed by atoms with Gasteiger partial charge < -0.3 is 4.74 Å². The van der Waals surface area contributed by atoms with Crippen LogP contribution in [-0.4, -0.2) is 27.1 Å². The third kappa shape index (κ3) is 2.87. The summed E-state index contributed by atoms with van der Waals surface area (Å²) >= 11 is 1.61. The number of ether oxygens (including phenoxy) is 1. The van der Waals surface area contributed by atoms with Gasteiger partial charge in [0, 0.05) is 17.5 Å². The van der Waals surface area contributed by atoms with Crippen molar-refractivity contribution < 1.29 is 13.2 Å². The molecule has 4 rings (SSSR count). The van der Waals surface area contributed by atoms with Crippen molar-refractivity contribution >= 4 is 27.0 Å². The second kappa shape index (κ2) is 6.41. The van der Waals surface area contributed by atoms with Crippen LogP contribution in [0.15, 0.2) is 52.7 Å². The Balaban J connectivity index is 1.68. The third-order valence-corrected chi connectivity index (χ3v) is 7.10. The molecule has 7 heteroatoms. The fourth-order valence-electron chi connectivity index (χ4n) is 3.15. The van der Waals surface area contributed by atoms with Crippen molar-refractivity contribution in [2.24, 2.45) is 0 Å². The fourth-order valence-corrected chi connectivity index (χ4v) is 5.28. The number of anilines is 1. The lowest BCUT2D eigenvalue weighted by Gasteiger charge is -2.20. The summed E-state index contributed by atoms with van der Waals surface area (Å²) < 4.78 is 32.7. The number of rotatable bonds is 4. The quantitative estimate of drug-likeness (QED) is 0.683. The van der Waals surface area contributed by atoms with Gasteiger partial charge in [0.15, 0.2) is 0 Å². The summed E-state index contributed by atoms with van der Waals surface area (Å²) in [6.45, 7) is 2.42. The van der Waals surface area contributed by atoms with E-state index >= 15 is 0 Å². The first-order valence-electron chi connectivity index (χ1n) is 8.21. The van der Waals surface area contributed by atoms with Crippen LogP contribution in [0.2, 0.25) is 0 Å². The Kier molecular flexibility index (Phi) is 4.20. The number of nitrogens with zero attached hydrogens (tertiary/aromatic N) is 2. The predicted octanol–water partition coefficient (Wildman–Crippen LogP) is 3.88. The van der Waals surface area contributed by atoms with Crippen molar-refractivity contribution in [3.05, 3.63) is 58.4 Å². The van der Waals surface area contributed by atoms with Crippen LogP contribution in [0, 0.1) is 6.92 Å². The molecule has 0 spiro atoms. The number of methoxy groups -OCH3 is 1. The zero-order valence-corrected chi connectivity index (χ0v) is 16.1. The molecule has 1 aliphatic rings. The summed E-state index contributed by atoms with van der Waals surface area (Å²) in [5.74, 6) is 0.633. The van der Waals surface area contributed by atoms with Gasteiger partial charge in [-0.3, -0.25) is 4.31 Å². The molecule has 26 heavy (non-hydrogen) atoms. The van der Waals surface area contributed by atoms with Gasteiger partial charge in [-0.2, -0.15) is 0 Å². The van der Waals surface area contributed by atoms with Crippen molar-refractivity contribution in [2.45, 2.75) is 18.2 Å². The summed E-state index contributed by atoms with van der Waals surface area (Å²) in [5, 5.41) is 3.04. The lowest BCUT2D eigenvalue weighted by atomic mass is 10.1. The molecule has 134 valence electrons. The normalized spacial score (nSPS) is 13.7. The van der Waals surface area contributed by atoms with Crippen LogP contribution in [0.5, 0.6) is 5.75 Å². The van der Waals surface area contributed by atoms with Crippen molar-refractivity contribution in [1.82, 2.24) is 4.98 Å². The maximum absolute atomic E-state index is 13.0. The van der Waals surface area contributed by atoms with Crippen LogP contribution < -0.4 is 9.04 Å². The van der Waals surface area contributed by atoms with Gasteiger partial charge >= 0.3 is 0 Å². The van der Waals surface area contributed by atoms with Gasteiger partial charge in [-0.1, -0.05) is 6.07 Å². The van der Waals surface area contributed by atoms with Crippen molar-refractivity contribution in [1.29, 1.82) is 0 Å². The predicted molar refractivity (Wildman–Crippen MR) is 104 cm³/mol. The number of hydrogen-bond acceptors (Lipinski definition) is 5. The lowest BCUT2D eigenvalue weighted by molar-refractivity contribution is 0.414. The van der Waals surface area contributed by atoms with Gasteiger partial charge in [0.05, 0.1) is 28.4 Å². The third-order valence-electron chi connectivity index (χ3n) is 4.49. The Morgan fingerprint density at radius 3 is 2.58 bits per heavy atom. The first kappa shape index (κ1) is 17.1. The van der Waals surface area contributed by atoms with E-state index < -0.39 is 10.0 Å².